The normalized spacial score (nSPS) is 11.6. The summed E-state index contributed by atoms with van der Waals surface area (Å²) in [7, 11) is 0. The highest BCUT2D eigenvalue weighted by molar-refractivity contribution is 6.19. The van der Waals surface area contributed by atoms with Gasteiger partial charge in [-0.05, 0) is 88.1 Å². The number of benzene rings is 10. The van der Waals surface area contributed by atoms with E-state index in [0.29, 0.717) is 0 Å². The van der Waals surface area contributed by atoms with Crippen molar-refractivity contribution in [3.05, 3.63) is 231 Å². The quantitative estimate of drug-likeness (QED) is 0.161. The Balaban J connectivity index is 1.05. The van der Waals surface area contributed by atoms with Crippen LogP contribution in [0.2, 0.25) is 0 Å². The van der Waals surface area contributed by atoms with E-state index in [0.717, 1.165) is 66.8 Å². The number of hydrogen-bond acceptors (Lipinski definition) is 2. The van der Waals surface area contributed by atoms with E-state index in [1.165, 1.54) is 43.9 Å². The Morgan fingerprint density at radius 3 is 1.61 bits per heavy atom. The van der Waals surface area contributed by atoms with Crippen molar-refractivity contribution >= 4 is 71.6 Å². The SMILES string of the molecule is c1ccc(-c2ccc(N(c3ccc(-c4ccccc4-n4c5ccccc5c5ccccc54)cc3)c3ccccc3-c3c4ccccc4cc4c3oc3ccccc34)cc2)cc1. The molecule has 2 aromatic heterocycles. The van der Waals surface area contributed by atoms with Crippen molar-refractivity contribution in [2.45, 2.75) is 0 Å². The Morgan fingerprint density at radius 2 is 0.885 bits per heavy atom. The summed E-state index contributed by atoms with van der Waals surface area (Å²) in [5.41, 5.74) is 15.4. The van der Waals surface area contributed by atoms with Crippen molar-refractivity contribution in [1.82, 2.24) is 4.57 Å². The summed E-state index contributed by atoms with van der Waals surface area (Å²) in [6.07, 6.45) is 0. The molecule has 0 bridgehead atoms. The number of hydrogen-bond donors (Lipinski definition) is 0. The van der Waals surface area contributed by atoms with Crippen molar-refractivity contribution in [3.8, 4) is 39.1 Å². The first kappa shape index (κ1) is 34.9. The summed E-state index contributed by atoms with van der Waals surface area (Å²) in [6.45, 7) is 0. The highest BCUT2D eigenvalue weighted by Crippen LogP contribution is 2.48. The van der Waals surface area contributed by atoms with E-state index in [9.17, 15) is 0 Å². The first-order chi connectivity index (χ1) is 30.3. The van der Waals surface area contributed by atoms with Crippen molar-refractivity contribution in [3.63, 3.8) is 0 Å². The van der Waals surface area contributed by atoms with Gasteiger partial charge >= 0.3 is 0 Å². The van der Waals surface area contributed by atoms with Gasteiger partial charge in [-0.2, -0.15) is 0 Å². The summed E-state index contributed by atoms with van der Waals surface area (Å²) in [4.78, 5) is 2.39. The van der Waals surface area contributed by atoms with Gasteiger partial charge in [0.1, 0.15) is 11.2 Å². The zero-order chi connectivity index (χ0) is 40.3. The van der Waals surface area contributed by atoms with E-state index < -0.39 is 0 Å². The first-order valence-corrected chi connectivity index (χ1v) is 20.8. The Hall–Kier alpha value is -8.14. The van der Waals surface area contributed by atoms with Gasteiger partial charge in [0, 0.05) is 49.6 Å². The molecule has 0 saturated heterocycles. The van der Waals surface area contributed by atoms with Crippen LogP contribution in [0.1, 0.15) is 0 Å². The van der Waals surface area contributed by atoms with Crippen LogP contribution in [0.15, 0.2) is 235 Å². The summed E-state index contributed by atoms with van der Waals surface area (Å²) in [6, 6.07) is 82.8. The van der Waals surface area contributed by atoms with Crippen molar-refractivity contribution in [1.29, 1.82) is 0 Å². The third-order valence-electron chi connectivity index (χ3n) is 12.2. The molecule has 0 N–H and O–H groups in total. The number of nitrogens with zero attached hydrogens (tertiary/aromatic N) is 2. The number of fused-ring (bicyclic) bond motifs is 7. The molecule has 0 unspecified atom stereocenters. The minimum atomic E-state index is 0.886. The molecule has 61 heavy (non-hydrogen) atoms. The fourth-order valence-electron chi connectivity index (χ4n) is 9.42. The summed E-state index contributed by atoms with van der Waals surface area (Å²) in [5.74, 6) is 0. The summed E-state index contributed by atoms with van der Waals surface area (Å²) >= 11 is 0. The number of anilines is 3. The summed E-state index contributed by atoms with van der Waals surface area (Å²) < 4.78 is 9.21. The van der Waals surface area contributed by atoms with E-state index in [-0.39, 0.29) is 0 Å². The smallest absolute Gasteiger partial charge is 0.143 e. The third-order valence-corrected chi connectivity index (χ3v) is 12.2. The van der Waals surface area contributed by atoms with E-state index in [4.69, 9.17) is 4.42 Å². The molecule has 12 aromatic rings. The maximum Gasteiger partial charge on any atom is 0.143 e. The number of para-hydroxylation sites is 5. The van der Waals surface area contributed by atoms with Crippen LogP contribution in [0.5, 0.6) is 0 Å². The van der Waals surface area contributed by atoms with Crippen molar-refractivity contribution in [2.24, 2.45) is 0 Å². The lowest BCUT2D eigenvalue weighted by atomic mass is 9.93. The van der Waals surface area contributed by atoms with Crippen LogP contribution in [-0.2, 0) is 0 Å². The molecular formula is C58H38N2O. The molecule has 0 aliphatic rings. The molecule has 0 aliphatic carbocycles. The van der Waals surface area contributed by atoms with Gasteiger partial charge in [-0.25, -0.2) is 0 Å². The molecular weight excluding hydrogens is 741 g/mol. The molecule has 0 radical (unpaired) electrons. The molecule has 3 heteroatoms. The highest BCUT2D eigenvalue weighted by atomic mass is 16.3. The van der Waals surface area contributed by atoms with Crippen LogP contribution in [0.25, 0.3) is 93.6 Å². The van der Waals surface area contributed by atoms with Gasteiger partial charge in [-0.1, -0.05) is 170 Å². The van der Waals surface area contributed by atoms with Crippen LogP contribution in [0.3, 0.4) is 0 Å². The van der Waals surface area contributed by atoms with E-state index in [1.54, 1.807) is 0 Å². The van der Waals surface area contributed by atoms with E-state index in [1.807, 2.05) is 6.07 Å². The Labute approximate surface area is 353 Å². The van der Waals surface area contributed by atoms with Crippen molar-refractivity contribution < 1.29 is 4.42 Å². The second-order valence-corrected chi connectivity index (χ2v) is 15.6. The number of rotatable bonds is 7. The van der Waals surface area contributed by atoms with Gasteiger partial charge in [0.25, 0.3) is 0 Å². The Bertz CT molecular complexity index is 3520. The predicted octanol–water partition coefficient (Wildman–Crippen LogP) is 16.3. The lowest BCUT2D eigenvalue weighted by Crippen LogP contribution is -2.11. The van der Waals surface area contributed by atoms with Gasteiger partial charge in [-0.15, -0.1) is 0 Å². The van der Waals surface area contributed by atoms with E-state index in [2.05, 4.69) is 234 Å². The zero-order valence-corrected chi connectivity index (χ0v) is 33.2. The molecule has 10 aromatic carbocycles. The third kappa shape index (κ3) is 5.74. The average molecular weight is 779 g/mol. The maximum absolute atomic E-state index is 6.80. The fourth-order valence-corrected chi connectivity index (χ4v) is 9.42. The topological polar surface area (TPSA) is 21.3 Å². The largest absolute Gasteiger partial charge is 0.455 e. The molecule has 0 spiro atoms. The number of furan rings is 1. The zero-order valence-electron chi connectivity index (χ0n) is 33.2. The second kappa shape index (κ2) is 14.3. The molecule has 0 amide bonds. The molecule has 0 saturated carbocycles. The lowest BCUT2D eigenvalue weighted by Gasteiger charge is -2.28. The minimum absolute atomic E-state index is 0.886. The Kier molecular flexibility index (Phi) is 8.17. The van der Waals surface area contributed by atoms with Gasteiger partial charge in [0.15, 0.2) is 0 Å². The molecule has 2 heterocycles. The molecule has 286 valence electrons. The molecule has 12 rings (SSSR count). The molecule has 0 aliphatic heterocycles. The predicted molar refractivity (Wildman–Crippen MR) is 257 cm³/mol. The first-order valence-electron chi connectivity index (χ1n) is 20.8. The fraction of sp³-hybridized carbons (Fsp3) is 0. The minimum Gasteiger partial charge on any atom is -0.455 e. The molecule has 0 atom stereocenters. The Morgan fingerprint density at radius 1 is 0.361 bits per heavy atom. The van der Waals surface area contributed by atoms with Crippen LogP contribution in [0, 0.1) is 0 Å². The maximum atomic E-state index is 6.80. The van der Waals surface area contributed by atoms with Gasteiger partial charge < -0.3 is 13.9 Å². The standard InChI is InChI=1S/C58H38N2O/c1-2-16-39(17-3-1)40-30-34-43(35-31-40)59(55-28-14-9-24-50(55)57-46-20-5-4-18-42(46)38-51-49-23-10-15-29-56(49)61-58(51)57)44-36-32-41(33-37-44)45-19-6-11-25-52(45)60-53-26-12-7-21-47(53)48-22-8-13-27-54(48)60/h1-38H. The summed E-state index contributed by atoms with van der Waals surface area (Å²) in [5, 5.41) is 7.06. The van der Waals surface area contributed by atoms with Crippen LogP contribution >= 0.6 is 0 Å². The monoisotopic (exact) mass is 778 g/mol. The average Bonchev–Trinajstić information content (AvgIpc) is 3.87. The van der Waals surface area contributed by atoms with Crippen molar-refractivity contribution in [2.75, 3.05) is 4.90 Å². The molecule has 3 nitrogen and oxygen atoms in total. The molecule has 0 fully saturated rings. The number of aromatic nitrogens is 1. The van der Waals surface area contributed by atoms with Crippen LogP contribution < -0.4 is 4.90 Å². The highest BCUT2D eigenvalue weighted by Gasteiger charge is 2.23. The second-order valence-electron chi connectivity index (χ2n) is 15.6. The van der Waals surface area contributed by atoms with Gasteiger partial charge in [0.05, 0.1) is 22.4 Å². The van der Waals surface area contributed by atoms with Crippen LogP contribution in [0.4, 0.5) is 17.1 Å². The van der Waals surface area contributed by atoms with E-state index >= 15 is 0 Å². The van der Waals surface area contributed by atoms with Crippen LogP contribution in [-0.4, -0.2) is 4.57 Å². The lowest BCUT2D eigenvalue weighted by molar-refractivity contribution is 0.670. The van der Waals surface area contributed by atoms with Gasteiger partial charge in [0.2, 0.25) is 0 Å². The van der Waals surface area contributed by atoms with Gasteiger partial charge in [-0.3, -0.25) is 0 Å².